The van der Waals surface area contributed by atoms with Gasteiger partial charge in [-0.3, -0.25) is 14.5 Å². The van der Waals surface area contributed by atoms with Crippen molar-refractivity contribution in [1.29, 1.82) is 0 Å². The zero-order valence-electron chi connectivity index (χ0n) is 11.6. The highest BCUT2D eigenvalue weighted by molar-refractivity contribution is 5.98. The molecule has 1 unspecified atom stereocenters. The molecule has 0 aliphatic carbocycles. The number of nitrogens with one attached hydrogen (secondary N) is 1. The smallest absolute Gasteiger partial charge is 0.255 e. The van der Waals surface area contributed by atoms with Crippen LogP contribution in [-0.2, 0) is 14.3 Å². The number of hydrogen-bond donors (Lipinski definition) is 1. The maximum Gasteiger partial charge on any atom is 0.255 e. The van der Waals surface area contributed by atoms with Crippen molar-refractivity contribution in [1.82, 2.24) is 10.2 Å². The highest BCUT2D eigenvalue weighted by Crippen LogP contribution is 2.34. The van der Waals surface area contributed by atoms with Crippen molar-refractivity contribution in [2.75, 3.05) is 33.6 Å². The third-order valence-corrected chi connectivity index (χ3v) is 3.57. The number of rotatable bonds is 4. The maximum absolute atomic E-state index is 11.8. The Morgan fingerprint density at radius 2 is 1.90 bits per heavy atom. The minimum atomic E-state index is -0.313. The van der Waals surface area contributed by atoms with Crippen molar-refractivity contribution >= 4 is 11.8 Å². The van der Waals surface area contributed by atoms with Gasteiger partial charge in [0.25, 0.3) is 11.8 Å². The van der Waals surface area contributed by atoms with Crippen molar-refractivity contribution < 1.29 is 23.8 Å². The number of carbonyl (C=O) groups excluding carboxylic acids is 2. The third-order valence-electron chi connectivity index (χ3n) is 3.57. The van der Waals surface area contributed by atoms with Crippen LogP contribution in [0.15, 0.2) is 18.2 Å². The molecule has 2 amide bonds. The molecule has 0 saturated carbocycles. The van der Waals surface area contributed by atoms with Crippen LogP contribution in [0.3, 0.4) is 0 Å². The van der Waals surface area contributed by atoms with Gasteiger partial charge in [-0.25, -0.2) is 0 Å². The minimum Gasteiger partial charge on any atom is -0.454 e. The SMILES string of the molecule is CNC(CN1C(=O)COCC1=O)c1ccc2c(c1)OCO2. The Morgan fingerprint density at radius 3 is 2.62 bits per heavy atom. The molecule has 1 atom stereocenters. The van der Waals surface area contributed by atoms with Gasteiger partial charge in [0.05, 0.1) is 6.04 Å². The van der Waals surface area contributed by atoms with E-state index in [0.29, 0.717) is 11.5 Å². The van der Waals surface area contributed by atoms with Crippen molar-refractivity contribution in [3.63, 3.8) is 0 Å². The summed E-state index contributed by atoms with van der Waals surface area (Å²) in [4.78, 5) is 24.8. The van der Waals surface area contributed by atoms with E-state index in [0.717, 1.165) is 5.56 Å². The van der Waals surface area contributed by atoms with Crippen molar-refractivity contribution in [3.8, 4) is 11.5 Å². The molecule has 1 N–H and O–H groups in total. The Bertz CT molecular complexity index is 558. The monoisotopic (exact) mass is 292 g/mol. The molecular formula is C14H16N2O5. The van der Waals surface area contributed by atoms with Crippen LogP contribution in [0.1, 0.15) is 11.6 Å². The Balaban J connectivity index is 1.78. The molecule has 0 spiro atoms. The second kappa shape index (κ2) is 5.71. The zero-order chi connectivity index (χ0) is 14.8. The molecule has 7 nitrogen and oxygen atoms in total. The lowest BCUT2D eigenvalue weighted by atomic mass is 10.1. The first-order chi connectivity index (χ1) is 10.2. The van der Waals surface area contributed by atoms with Gasteiger partial charge in [-0.1, -0.05) is 6.07 Å². The number of fused-ring (bicyclic) bond motifs is 1. The maximum atomic E-state index is 11.8. The first kappa shape index (κ1) is 13.8. The van der Waals surface area contributed by atoms with Gasteiger partial charge in [0.15, 0.2) is 11.5 Å². The number of likely N-dealkylation sites (N-methyl/N-ethyl adjacent to an activating group) is 1. The number of ether oxygens (including phenoxy) is 3. The molecule has 0 bridgehead atoms. The molecule has 2 aliphatic rings. The molecule has 2 aliphatic heterocycles. The third kappa shape index (κ3) is 2.70. The molecular weight excluding hydrogens is 276 g/mol. The van der Waals surface area contributed by atoms with Crippen LogP contribution >= 0.6 is 0 Å². The molecule has 21 heavy (non-hydrogen) atoms. The second-order valence-corrected chi connectivity index (χ2v) is 4.84. The molecule has 1 fully saturated rings. The molecule has 2 heterocycles. The molecule has 0 aromatic heterocycles. The predicted molar refractivity (Wildman–Crippen MR) is 71.9 cm³/mol. The first-order valence-corrected chi connectivity index (χ1v) is 6.67. The summed E-state index contributed by atoms with van der Waals surface area (Å²) in [6.45, 7) is 0.368. The lowest BCUT2D eigenvalue weighted by Crippen LogP contribution is -2.49. The van der Waals surface area contributed by atoms with E-state index in [4.69, 9.17) is 14.2 Å². The van der Waals surface area contributed by atoms with Crippen LogP contribution in [0.25, 0.3) is 0 Å². The summed E-state index contributed by atoms with van der Waals surface area (Å²) in [5.74, 6) is 0.749. The van der Waals surface area contributed by atoms with Crippen LogP contribution in [0.5, 0.6) is 11.5 Å². The fourth-order valence-electron chi connectivity index (χ4n) is 2.40. The quantitative estimate of drug-likeness (QED) is 0.791. The fourth-order valence-corrected chi connectivity index (χ4v) is 2.40. The predicted octanol–water partition coefficient (Wildman–Crippen LogP) is 0.0612. The summed E-state index contributed by atoms with van der Waals surface area (Å²) in [7, 11) is 1.78. The van der Waals surface area contributed by atoms with E-state index in [1.54, 1.807) is 7.05 Å². The van der Waals surface area contributed by atoms with Gasteiger partial charge in [-0.05, 0) is 24.7 Å². The van der Waals surface area contributed by atoms with Crippen molar-refractivity contribution in [3.05, 3.63) is 23.8 Å². The standard InChI is InChI=1S/C14H16N2O5/c1-15-10(5-16-13(17)6-19-7-14(16)18)9-2-3-11-12(4-9)21-8-20-11/h2-4,10,15H,5-8H2,1H3. The fraction of sp³-hybridized carbons (Fsp3) is 0.429. The molecule has 112 valence electrons. The van der Waals surface area contributed by atoms with E-state index in [1.807, 2.05) is 18.2 Å². The number of imide groups is 1. The highest BCUT2D eigenvalue weighted by Gasteiger charge is 2.29. The van der Waals surface area contributed by atoms with Gasteiger partial charge in [-0.2, -0.15) is 0 Å². The van der Waals surface area contributed by atoms with Gasteiger partial charge < -0.3 is 19.5 Å². The van der Waals surface area contributed by atoms with Crippen LogP contribution < -0.4 is 14.8 Å². The lowest BCUT2D eigenvalue weighted by Gasteiger charge is -2.29. The van der Waals surface area contributed by atoms with Crippen LogP contribution in [0, 0.1) is 0 Å². The van der Waals surface area contributed by atoms with E-state index in [9.17, 15) is 9.59 Å². The van der Waals surface area contributed by atoms with E-state index in [-0.39, 0.29) is 44.4 Å². The molecule has 3 rings (SSSR count). The average molecular weight is 292 g/mol. The Morgan fingerprint density at radius 1 is 1.19 bits per heavy atom. The van der Waals surface area contributed by atoms with E-state index in [2.05, 4.69) is 5.32 Å². The Kier molecular flexibility index (Phi) is 3.76. The molecule has 7 heteroatoms. The molecule has 1 aromatic carbocycles. The van der Waals surface area contributed by atoms with E-state index >= 15 is 0 Å². The molecule has 1 aromatic rings. The van der Waals surface area contributed by atoms with Gasteiger partial charge in [-0.15, -0.1) is 0 Å². The number of benzene rings is 1. The highest BCUT2D eigenvalue weighted by atomic mass is 16.7. The van der Waals surface area contributed by atoms with Crippen molar-refractivity contribution in [2.45, 2.75) is 6.04 Å². The zero-order valence-corrected chi connectivity index (χ0v) is 11.6. The summed E-state index contributed by atoms with van der Waals surface area (Å²) < 4.78 is 15.5. The van der Waals surface area contributed by atoms with Gasteiger partial charge >= 0.3 is 0 Å². The van der Waals surface area contributed by atoms with E-state index < -0.39 is 0 Å². The van der Waals surface area contributed by atoms with Crippen LogP contribution in [-0.4, -0.2) is 50.3 Å². The number of carbonyl (C=O) groups is 2. The topological polar surface area (TPSA) is 77.1 Å². The summed E-state index contributed by atoms with van der Waals surface area (Å²) in [5, 5.41) is 3.11. The largest absolute Gasteiger partial charge is 0.454 e. The van der Waals surface area contributed by atoms with Gasteiger partial charge in [0.2, 0.25) is 6.79 Å². The Hall–Kier alpha value is -2.12. The summed E-state index contributed by atoms with van der Waals surface area (Å²) in [6, 6.07) is 5.40. The summed E-state index contributed by atoms with van der Waals surface area (Å²) in [5.41, 5.74) is 0.925. The summed E-state index contributed by atoms with van der Waals surface area (Å²) >= 11 is 0. The lowest BCUT2D eigenvalue weighted by molar-refractivity contribution is -0.158. The van der Waals surface area contributed by atoms with Crippen molar-refractivity contribution in [2.24, 2.45) is 0 Å². The van der Waals surface area contributed by atoms with Crippen LogP contribution in [0.4, 0.5) is 0 Å². The van der Waals surface area contributed by atoms with Crippen LogP contribution in [0.2, 0.25) is 0 Å². The average Bonchev–Trinajstić information content (AvgIpc) is 2.94. The number of hydrogen-bond acceptors (Lipinski definition) is 6. The van der Waals surface area contributed by atoms with E-state index in [1.165, 1.54) is 4.90 Å². The summed E-state index contributed by atoms with van der Waals surface area (Å²) in [6.07, 6.45) is 0. The molecule has 1 saturated heterocycles. The minimum absolute atomic E-state index is 0.0523. The molecule has 0 radical (unpaired) electrons. The Labute approximate surface area is 121 Å². The second-order valence-electron chi connectivity index (χ2n) is 4.84. The van der Waals surface area contributed by atoms with Gasteiger partial charge in [0, 0.05) is 6.54 Å². The normalized spacial score (nSPS) is 19.0. The van der Waals surface area contributed by atoms with Gasteiger partial charge in [0.1, 0.15) is 13.2 Å². The number of nitrogens with zero attached hydrogens (tertiary/aromatic N) is 1. The number of amides is 2. The number of morpholine rings is 1. The first-order valence-electron chi connectivity index (χ1n) is 6.67.